The molecule has 4 rings (SSSR count). The molecule has 0 saturated carbocycles. The van der Waals surface area contributed by atoms with Gasteiger partial charge in [-0.1, -0.05) is 0 Å². The zero-order valence-corrected chi connectivity index (χ0v) is 20.9. The van der Waals surface area contributed by atoms with Gasteiger partial charge in [-0.05, 0) is 0 Å². The maximum absolute atomic E-state index is 14.0. The van der Waals surface area contributed by atoms with Gasteiger partial charge in [-0.25, -0.2) is 0 Å². The van der Waals surface area contributed by atoms with Crippen LogP contribution in [0.15, 0.2) is 121 Å². The number of benzene rings is 4. The largest absolute Gasteiger partial charge is 0 e. The number of rotatable bonds is 6. The maximum atomic E-state index is 14.0. The molecule has 0 saturated heterocycles. The van der Waals surface area contributed by atoms with Crippen LogP contribution < -0.4 is 40.8 Å². The van der Waals surface area contributed by atoms with Gasteiger partial charge in [0.1, 0.15) is 0 Å². The van der Waals surface area contributed by atoms with E-state index in [1.165, 1.54) is 97.1 Å². The summed E-state index contributed by atoms with van der Waals surface area (Å²) in [6.07, 6.45) is -1.90. The fourth-order valence-electron chi connectivity index (χ4n) is 3.54. The Morgan fingerprint density at radius 3 is 0.857 bits per heavy atom. The van der Waals surface area contributed by atoms with Crippen molar-refractivity contribution in [1.29, 1.82) is 0 Å². The molecule has 0 radical (unpaired) electrons. The predicted molar refractivity (Wildman–Crippen MR) is 126 cm³/mol. The van der Waals surface area contributed by atoms with Crippen LogP contribution in [-0.2, 0) is 25.5 Å². The fourth-order valence-corrected chi connectivity index (χ4v) is 7.98. The van der Waals surface area contributed by atoms with Crippen LogP contribution in [0.1, 0.15) is 0 Å². The van der Waals surface area contributed by atoms with E-state index in [4.69, 9.17) is 9.05 Å². The molecule has 0 aliphatic heterocycles. The van der Waals surface area contributed by atoms with Crippen molar-refractivity contribution in [3.05, 3.63) is 121 Å². The van der Waals surface area contributed by atoms with E-state index < -0.39 is 20.7 Å². The van der Waals surface area contributed by atoms with Crippen molar-refractivity contribution in [2.75, 3.05) is 0 Å². The van der Waals surface area contributed by atoms with Gasteiger partial charge >= 0.3 is 197 Å². The molecule has 0 heterocycles. The standard InChI is InChI=1S/C25H20O7P2.Ni/c26-25(31-33(27,28,21-13-5-1-6-14-21)22-15-7-2-8-16-22)32-34(29,30,23-17-9-3-10-18-23)24-19-11-4-12-20-24;/h1-20H;/q-4;. The second-order valence-corrected chi connectivity index (χ2v) is 13.5. The van der Waals surface area contributed by atoms with E-state index in [-0.39, 0.29) is 37.7 Å². The minimum absolute atomic E-state index is 0. The number of carbonyl (C=O) groups is 1. The van der Waals surface area contributed by atoms with Crippen molar-refractivity contribution in [3.8, 4) is 0 Å². The van der Waals surface area contributed by atoms with Crippen LogP contribution in [0.4, 0.5) is 4.79 Å². The number of carbonyl (C=O) groups excluding carboxylic acids is 1. The van der Waals surface area contributed by atoms with Crippen LogP contribution >= 0.6 is 14.6 Å². The Bertz CT molecular complexity index is 1100. The summed E-state index contributed by atoms with van der Waals surface area (Å²) in [5.41, 5.74) is 0. The number of hydrogen-bond acceptors (Lipinski definition) is 7. The maximum Gasteiger partial charge on any atom is 0 e. The van der Waals surface area contributed by atoms with E-state index in [2.05, 4.69) is 0 Å². The van der Waals surface area contributed by atoms with Gasteiger partial charge in [-0.2, -0.15) is 0 Å². The molecule has 0 bridgehead atoms. The third-order valence-electron chi connectivity index (χ3n) is 5.29. The summed E-state index contributed by atoms with van der Waals surface area (Å²) in [5, 5.41) is -1.30. The first kappa shape index (κ1) is 26.9. The molecule has 186 valence electrons. The first-order chi connectivity index (χ1) is 16.1. The quantitative estimate of drug-likeness (QED) is 0.251. The molecule has 10 heteroatoms. The van der Waals surface area contributed by atoms with Crippen LogP contribution in [0.25, 0.3) is 0 Å². The zero-order valence-electron chi connectivity index (χ0n) is 18.1. The fraction of sp³-hybridized carbons (Fsp3) is 0. The van der Waals surface area contributed by atoms with Gasteiger partial charge in [-0.3, -0.25) is 0 Å². The Morgan fingerprint density at radius 1 is 0.457 bits per heavy atom. The molecular formula is C25H20NiO7P2-4. The minimum atomic E-state index is -6.14. The SMILES string of the molecule is O=C(OP([O-])([O-])(c1ccccc1)c1ccccc1)OP([O-])([O-])(c1ccccc1)c1ccccc1.[Ni]. The van der Waals surface area contributed by atoms with Crippen LogP contribution in [0, 0.1) is 0 Å². The first-order valence-electron chi connectivity index (χ1n) is 10.2. The predicted octanol–water partition coefficient (Wildman–Crippen LogP) is 0.477. The van der Waals surface area contributed by atoms with Gasteiger partial charge in [0.05, 0.1) is 0 Å². The van der Waals surface area contributed by atoms with Crippen molar-refractivity contribution in [2.45, 2.75) is 0 Å². The molecule has 35 heavy (non-hydrogen) atoms. The van der Waals surface area contributed by atoms with Crippen molar-refractivity contribution in [2.24, 2.45) is 0 Å². The van der Waals surface area contributed by atoms with Crippen molar-refractivity contribution in [3.63, 3.8) is 0 Å². The molecule has 0 spiro atoms. The second kappa shape index (κ2) is 9.77. The third kappa shape index (κ3) is 5.02. The van der Waals surface area contributed by atoms with E-state index in [0.717, 1.165) is 0 Å². The first-order valence-corrected chi connectivity index (χ1v) is 14.2. The minimum Gasteiger partial charge on any atom is 0 e. The van der Waals surface area contributed by atoms with E-state index in [9.17, 15) is 24.4 Å². The van der Waals surface area contributed by atoms with Gasteiger partial charge in [0.25, 0.3) is 0 Å². The Balaban J connectivity index is 0.00000342. The van der Waals surface area contributed by atoms with Gasteiger partial charge in [0, 0.05) is 16.5 Å². The molecule has 0 aliphatic carbocycles. The summed E-state index contributed by atoms with van der Waals surface area (Å²) in [7, 11) is -12.3. The molecule has 0 unspecified atom stereocenters. The summed E-state index contributed by atoms with van der Waals surface area (Å²) in [6.45, 7) is 0. The molecule has 4 aromatic rings. The van der Waals surface area contributed by atoms with E-state index in [1.54, 1.807) is 24.3 Å². The van der Waals surface area contributed by atoms with Crippen molar-refractivity contribution in [1.82, 2.24) is 0 Å². The zero-order chi connectivity index (χ0) is 24.3. The molecule has 4 aromatic carbocycles. The normalized spacial score (nSPS) is 13.7. The van der Waals surface area contributed by atoms with Crippen LogP contribution in [0.2, 0.25) is 0 Å². The monoisotopic (exact) mass is 552 g/mol. The van der Waals surface area contributed by atoms with Crippen LogP contribution in [0.3, 0.4) is 0 Å². The van der Waals surface area contributed by atoms with Gasteiger partial charge in [0.15, 0.2) is 0 Å². The second-order valence-electron chi connectivity index (χ2n) is 7.54. The Hall–Kier alpha value is -2.66. The molecule has 7 nitrogen and oxygen atoms in total. The summed E-state index contributed by atoms with van der Waals surface area (Å²) in [4.78, 5) is 69.1. The van der Waals surface area contributed by atoms with Gasteiger partial charge in [0.2, 0.25) is 0 Å². The van der Waals surface area contributed by atoms with Crippen molar-refractivity contribution < 1.29 is 49.9 Å². The molecule has 0 aliphatic rings. The summed E-state index contributed by atoms with van der Waals surface area (Å²) < 4.78 is 9.98. The molecule has 0 amide bonds. The van der Waals surface area contributed by atoms with Crippen molar-refractivity contribution >= 4 is 41.9 Å². The molecule has 0 N–H and O–H groups in total. The van der Waals surface area contributed by atoms with Gasteiger partial charge in [-0.15, -0.1) is 0 Å². The van der Waals surface area contributed by atoms with E-state index in [0.29, 0.717) is 0 Å². The summed E-state index contributed by atoms with van der Waals surface area (Å²) in [5.74, 6) is 0. The molecule has 0 atom stereocenters. The van der Waals surface area contributed by atoms with E-state index in [1.807, 2.05) is 0 Å². The van der Waals surface area contributed by atoms with Crippen LogP contribution in [-0.4, -0.2) is 6.16 Å². The van der Waals surface area contributed by atoms with Crippen LogP contribution in [0.5, 0.6) is 0 Å². The summed E-state index contributed by atoms with van der Waals surface area (Å²) in [6, 6.07) is 28.0. The molecule has 0 fully saturated rings. The number of hydrogen-bond donors (Lipinski definition) is 0. The Morgan fingerprint density at radius 2 is 0.657 bits per heavy atom. The molecular weight excluding hydrogens is 533 g/mol. The van der Waals surface area contributed by atoms with Gasteiger partial charge < -0.3 is 0 Å². The Labute approximate surface area is 212 Å². The average molecular weight is 553 g/mol. The topological polar surface area (TPSA) is 128 Å². The summed E-state index contributed by atoms with van der Waals surface area (Å²) >= 11 is 0. The smallest absolute Gasteiger partial charge is 0 e. The Kier molecular flexibility index (Phi) is 7.52. The molecule has 0 aromatic heterocycles. The average Bonchev–Trinajstić information content (AvgIpc) is 2.86. The van der Waals surface area contributed by atoms with E-state index >= 15 is 0 Å². The third-order valence-corrected chi connectivity index (χ3v) is 11.0.